The second kappa shape index (κ2) is 6.26. The summed E-state index contributed by atoms with van der Waals surface area (Å²) in [6.45, 7) is 4.46. The molecule has 15 heavy (non-hydrogen) atoms. The summed E-state index contributed by atoms with van der Waals surface area (Å²) in [6, 6.07) is 0. The fourth-order valence-electron chi connectivity index (χ4n) is 1.73. The molecule has 0 amide bonds. The van der Waals surface area contributed by atoms with E-state index in [0.29, 0.717) is 0 Å². The van der Waals surface area contributed by atoms with E-state index in [1.54, 1.807) is 17.5 Å². The molecule has 88 valence electrons. The Morgan fingerprint density at radius 3 is 2.47 bits per heavy atom. The third-order valence-corrected chi connectivity index (χ3v) is 4.12. The number of aromatic nitrogens is 1. The van der Waals surface area contributed by atoms with E-state index in [1.807, 2.05) is 0 Å². The van der Waals surface area contributed by atoms with Crippen LogP contribution >= 0.6 is 47.8 Å². The molecule has 2 rings (SSSR count). The van der Waals surface area contributed by atoms with Gasteiger partial charge in [0.25, 0.3) is 0 Å². The Morgan fingerprint density at radius 2 is 2.00 bits per heavy atom. The van der Waals surface area contributed by atoms with Gasteiger partial charge in [0, 0.05) is 5.41 Å². The van der Waals surface area contributed by atoms with Gasteiger partial charge in [-0.25, -0.2) is 4.98 Å². The van der Waals surface area contributed by atoms with Crippen molar-refractivity contribution in [2.75, 3.05) is 13.1 Å². The van der Waals surface area contributed by atoms with Crippen molar-refractivity contribution in [2.45, 2.75) is 25.2 Å². The van der Waals surface area contributed by atoms with Gasteiger partial charge in [-0.2, -0.15) is 0 Å². The zero-order valence-corrected chi connectivity index (χ0v) is 11.7. The van der Waals surface area contributed by atoms with Crippen LogP contribution in [0.4, 0.5) is 0 Å². The number of hydrogen-bond donors (Lipinski definition) is 1. The van der Waals surface area contributed by atoms with Crippen LogP contribution in [0.25, 0.3) is 0 Å². The first-order chi connectivity index (χ1) is 6.21. The highest BCUT2D eigenvalue weighted by molar-refractivity contribution is 7.15. The van der Waals surface area contributed by atoms with Crippen LogP contribution < -0.4 is 5.32 Å². The minimum Gasteiger partial charge on any atom is -0.317 e. The predicted octanol–water partition coefficient (Wildman–Crippen LogP) is 3.28. The van der Waals surface area contributed by atoms with Crippen LogP contribution in [0.1, 0.15) is 24.8 Å². The minimum absolute atomic E-state index is 0. The van der Waals surface area contributed by atoms with Gasteiger partial charge in [0.15, 0.2) is 0 Å². The standard InChI is InChI=1S/C9H13ClN2S.2ClH/c1-9(2-4-11-5-3-9)8-12-6-7(10)13-8;;/h6,11H,2-5H2,1H3;2*1H. The number of nitrogens with one attached hydrogen (secondary N) is 1. The molecule has 1 saturated heterocycles. The summed E-state index contributed by atoms with van der Waals surface area (Å²) in [4.78, 5) is 4.37. The zero-order chi connectivity index (χ0) is 9.31. The minimum atomic E-state index is 0. The van der Waals surface area contributed by atoms with Gasteiger partial charge in [-0.3, -0.25) is 0 Å². The van der Waals surface area contributed by atoms with Gasteiger partial charge in [-0.15, -0.1) is 36.2 Å². The highest BCUT2D eigenvalue weighted by Gasteiger charge is 2.31. The van der Waals surface area contributed by atoms with Crippen molar-refractivity contribution in [3.05, 3.63) is 15.5 Å². The van der Waals surface area contributed by atoms with E-state index in [9.17, 15) is 0 Å². The zero-order valence-electron chi connectivity index (χ0n) is 8.46. The van der Waals surface area contributed by atoms with E-state index in [4.69, 9.17) is 11.6 Å². The average molecular weight is 290 g/mol. The number of piperidine rings is 1. The third kappa shape index (κ3) is 3.46. The van der Waals surface area contributed by atoms with Crippen LogP contribution in [0, 0.1) is 0 Å². The molecule has 2 heterocycles. The molecule has 1 N–H and O–H groups in total. The maximum atomic E-state index is 5.88. The molecule has 1 aliphatic rings. The molecule has 0 bridgehead atoms. The van der Waals surface area contributed by atoms with Crippen molar-refractivity contribution >= 4 is 47.8 Å². The van der Waals surface area contributed by atoms with E-state index in [1.165, 1.54) is 5.01 Å². The maximum absolute atomic E-state index is 5.88. The lowest BCUT2D eigenvalue weighted by Crippen LogP contribution is -2.37. The molecule has 0 radical (unpaired) electrons. The fraction of sp³-hybridized carbons (Fsp3) is 0.667. The predicted molar refractivity (Wildman–Crippen MR) is 71.1 cm³/mol. The molecule has 6 heteroatoms. The van der Waals surface area contributed by atoms with E-state index in [0.717, 1.165) is 30.3 Å². The van der Waals surface area contributed by atoms with Crippen LogP contribution in [-0.4, -0.2) is 18.1 Å². The Labute approximate surface area is 112 Å². The lowest BCUT2D eigenvalue weighted by Gasteiger charge is -2.31. The molecule has 1 fully saturated rings. The molecule has 0 atom stereocenters. The highest BCUT2D eigenvalue weighted by atomic mass is 35.5. The van der Waals surface area contributed by atoms with Gasteiger partial charge in [-0.05, 0) is 25.9 Å². The molecule has 0 aromatic carbocycles. The van der Waals surface area contributed by atoms with Gasteiger partial charge in [0.05, 0.1) is 11.2 Å². The lowest BCUT2D eigenvalue weighted by atomic mass is 9.82. The van der Waals surface area contributed by atoms with Crippen molar-refractivity contribution in [1.29, 1.82) is 0 Å². The molecule has 0 aliphatic carbocycles. The molecular weight excluding hydrogens is 275 g/mol. The Morgan fingerprint density at radius 1 is 1.40 bits per heavy atom. The molecule has 1 aromatic rings. The summed E-state index contributed by atoms with van der Waals surface area (Å²) in [5.41, 5.74) is 0.253. The molecule has 1 aromatic heterocycles. The molecule has 0 saturated carbocycles. The summed E-state index contributed by atoms with van der Waals surface area (Å²) >= 11 is 7.50. The van der Waals surface area contributed by atoms with Crippen molar-refractivity contribution < 1.29 is 0 Å². The Balaban J connectivity index is 0.000000980. The molecular formula is C9H15Cl3N2S. The monoisotopic (exact) mass is 288 g/mol. The number of hydrogen-bond acceptors (Lipinski definition) is 3. The average Bonchev–Trinajstić information content (AvgIpc) is 2.54. The molecule has 0 unspecified atom stereocenters. The van der Waals surface area contributed by atoms with Gasteiger partial charge in [0.1, 0.15) is 4.34 Å². The summed E-state index contributed by atoms with van der Waals surface area (Å²) < 4.78 is 0.801. The van der Waals surface area contributed by atoms with Crippen molar-refractivity contribution in [3.63, 3.8) is 0 Å². The first-order valence-electron chi connectivity index (χ1n) is 4.53. The molecule has 1 aliphatic heterocycles. The van der Waals surface area contributed by atoms with Gasteiger partial charge in [0.2, 0.25) is 0 Å². The first kappa shape index (κ1) is 15.5. The van der Waals surface area contributed by atoms with Crippen molar-refractivity contribution in [2.24, 2.45) is 0 Å². The van der Waals surface area contributed by atoms with Crippen LogP contribution in [0.3, 0.4) is 0 Å². The van der Waals surface area contributed by atoms with Crippen molar-refractivity contribution in [3.8, 4) is 0 Å². The third-order valence-electron chi connectivity index (χ3n) is 2.70. The normalized spacial score (nSPS) is 18.8. The number of thiazole rings is 1. The number of nitrogens with zero attached hydrogens (tertiary/aromatic N) is 1. The first-order valence-corrected chi connectivity index (χ1v) is 5.73. The molecule has 2 nitrogen and oxygen atoms in total. The lowest BCUT2D eigenvalue weighted by molar-refractivity contribution is 0.334. The smallest absolute Gasteiger partial charge is 0.113 e. The summed E-state index contributed by atoms with van der Waals surface area (Å²) in [5.74, 6) is 0. The van der Waals surface area contributed by atoms with Gasteiger partial charge in [-0.1, -0.05) is 18.5 Å². The van der Waals surface area contributed by atoms with Crippen LogP contribution in [0.5, 0.6) is 0 Å². The Bertz CT molecular complexity index is 297. The van der Waals surface area contributed by atoms with E-state index in [2.05, 4.69) is 17.2 Å². The molecule has 0 spiro atoms. The van der Waals surface area contributed by atoms with Crippen LogP contribution in [0.15, 0.2) is 6.20 Å². The SMILES string of the molecule is CC1(c2ncc(Cl)s2)CCNCC1.Cl.Cl. The van der Waals surface area contributed by atoms with E-state index < -0.39 is 0 Å². The Hall–Kier alpha value is 0.460. The Kier molecular flexibility index (Phi) is 6.45. The second-order valence-electron chi connectivity index (χ2n) is 3.78. The van der Waals surface area contributed by atoms with Crippen LogP contribution in [0.2, 0.25) is 4.34 Å². The van der Waals surface area contributed by atoms with Crippen molar-refractivity contribution in [1.82, 2.24) is 10.3 Å². The topological polar surface area (TPSA) is 24.9 Å². The van der Waals surface area contributed by atoms with Gasteiger partial charge < -0.3 is 5.32 Å². The summed E-state index contributed by atoms with van der Waals surface area (Å²) in [7, 11) is 0. The number of rotatable bonds is 1. The fourth-order valence-corrected chi connectivity index (χ4v) is 2.84. The summed E-state index contributed by atoms with van der Waals surface area (Å²) in [6.07, 6.45) is 4.09. The maximum Gasteiger partial charge on any atom is 0.113 e. The van der Waals surface area contributed by atoms with Crippen LogP contribution in [-0.2, 0) is 5.41 Å². The van der Waals surface area contributed by atoms with E-state index >= 15 is 0 Å². The highest BCUT2D eigenvalue weighted by Crippen LogP contribution is 2.36. The van der Waals surface area contributed by atoms with E-state index in [-0.39, 0.29) is 30.2 Å². The number of halogens is 3. The summed E-state index contributed by atoms with van der Waals surface area (Å²) in [5, 5.41) is 4.55. The quantitative estimate of drug-likeness (QED) is 0.858. The van der Waals surface area contributed by atoms with Gasteiger partial charge >= 0.3 is 0 Å². The largest absolute Gasteiger partial charge is 0.317 e. The second-order valence-corrected chi connectivity index (χ2v) is 5.44.